The zero-order valence-corrected chi connectivity index (χ0v) is 11.5. The van der Waals surface area contributed by atoms with E-state index in [1.54, 1.807) is 48.5 Å². The summed E-state index contributed by atoms with van der Waals surface area (Å²) in [5.41, 5.74) is 10.3. The Labute approximate surface area is 125 Å². The second kappa shape index (κ2) is 5.42. The first kappa shape index (κ1) is 13.4. The third-order valence-electron chi connectivity index (χ3n) is 2.96. The quantitative estimate of drug-likeness (QED) is 0.532. The first-order chi connectivity index (χ1) is 10.1. The molecule has 3 rings (SSSR count). The van der Waals surface area contributed by atoms with Gasteiger partial charge in [0, 0.05) is 22.2 Å². The van der Waals surface area contributed by atoms with E-state index < -0.39 is 5.63 Å². The fourth-order valence-electron chi connectivity index (χ4n) is 1.91. The minimum Gasteiger partial charge on any atom is -0.421 e. The fraction of sp³-hybridized carbons (Fsp3) is 0. The molecule has 0 N–H and O–H groups in total. The predicted molar refractivity (Wildman–Crippen MR) is 83.0 cm³/mol. The third kappa shape index (κ3) is 2.80. The number of rotatable bonds is 2. The summed E-state index contributed by atoms with van der Waals surface area (Å²) in [5.74, 6) is 0. The van der Waals surface area contributed by atoms with Gasteiger partial charge >= 0.3 is 5.63 Å². The van der Waals surface area contributed by atoms with Gasteiger partial charge in [0.1, 0.15) is 11.3 Å². The van der Waals surface area contributed by atoms with E-state index in [0.717, 1.165) is 0 Å². The SMILES string of the molecule is [N]c1ccccc1C=Nc1cc2cc(Cl)ccc2oc1=O. The summed E-state index contributed by atoms with van der Waals surface area (Å²) >= 11 is 5.91. The molecule has 0 fully saturated rings. The third-order valence-corrected chi connectivity index (χ3v) is 3.19. The molecular weight excluding hydrogens is 288 g/mol. The molecule has 102 valence electrons. The molecule has 0 aliphatic rings. The second-order valence-electron chi connectivity index (χ2n) is 4.42. The summed E-state index contributed by atoms with van der Waals surface area (Å²) in [5, 5.41) is 1.23. The standard InChI is InChI=1S/C16H9ClN2O2/c17-12-5-6-15-11(7-12)8-14(16(20)21-15)19-9-10-3-1-2-4-13(10)18/h1-9H. The molecule has 0 aliphatic carbocycles. The maximum absolute atomic E-state index is 11.8. The lowest BCUT2D eigenvalue weighted by Crippen LogP contribution is -1.98. The molecule has 4 nitrogen and oxygen atoms in total. The second-order valence-corrected chi connectivity index (χ2v) is 4.85. The van der Waals surface area contributed by atoms with Crippen LogP contribution in [0, 0.1) is 0 Å². The summed E-state index contributed by atoms with van der Waals surface area (Å²) in [6.45, 7) is 0. The maximum Gasteiger partial charge on any atom is 0.362 e. The van der Waals surface area contributed by atoms with Gasteiger partial charge in [-0.05, 0) is 30.3 Å². The van der Waals surface area contributed by atoms with Crippen molar-refractivity contribution in [2.75, 3.05) is 0 Å². The molecule has 3 aromatic rings. The molecule has 0 spiro atoms. The minimum atomic E-state index is -0.545. The summed E-state index contributed by atoms with van der Waals surface area (Å²) in [4.78, 5) is 15.9. The highest BCUT2D eigenvalue weighted by Gasteiger charge is 2.05. The Morgan fingerprint density at radius 3 is 2.76 bits per heavy atom. The Hall–Kier alpha value is -2.59. The molecule has 1 heterocycles. The Balaban J connectivity index is 2.06. The number of nitrogens with zero attached hydrogens (tertiary/aromatic N) is 2. The van der Waals surface area contributed by atoms with Gasteiger partial charge in [0.15, 0.2) is 0 Å². The van der Waals surface area contributed by atoms with Gasteiger partial charge < -0.3 is 4.42 Å². The fourth-order valence-corrected chi connectivity index (χ4v) is 2.09. The lowest BCUT2D eigenvalue weighted by Gasteiger charge is -1.99. The van der Waals surface area contributed by atoms with Gasteiger partial charge in [0.2, 0.25) is 0 Å². The van der Waals surface area contributed by atoms with Gasteiger partial charge in [-0.1, -0.05) is 29.8 Å². The molecule has 2 radical (unpaired) electrons. The highest BCUT2D eigenvalue weighted by Crippen LogP contribution is 2.21. The van der Waals surface area contributed by atoms with E-state index >= 15 is 0 Å². The largest absolute Gasteiger partial charge is 0.421 e. The highest BCUT2D eigenvalue weighted by molar-refractivity contribution is 6.31. The number of hydrogen-bond donors (Lipinski definition) is 0. The number of aliphatic imine (C=N–C) groups is 1. The molecule has 0 aliphatic heterocycles. The van der Waals surface area contributed by atoms with Crippen molar-refractivity contribution in [1.29, 1.82) is 0 Å². The minimum absolute atomic E-state index is 0.0921. The van der Waals surface area contributed by atoms with Crippen LogP contribution >= 0.6 is 11.6 Å². The number of hydrogen-bond acceptors (Lipinski definition) is 3. The van der Waals surface area contributed by atoms with Gasteiger partial charge in [-0.3, -0.25) is 0 Å². The lowest BCUT2D eigenvalue weighted by atomic mass is 10.2. The van der Waals surface area contributed by atoms with E-state index in [-0.39, 0.29) is 11.4 Å². The Morgan fingerprint density at radius 1 is 1.14 bits per heavy atom. The summed E-state index contributed by atoms with van der Waals surface area (Å²) in [6, 6.07) is 13.3. The molecule has 2 aromatic carbocycles. The van der Waals surface area contributed by atoms with Crippen LogP contribution < -0.4 is 11.4 Å². The summed E-state index contributed by atoms with van der Waals surface area (Å²) in [6.07, 6.45) is 1.41. The van der Waals surface area contributed by atoms with Crippen LogP contribution in [0.4, 0.5) is 11.4 Å². The molecule has 21 heavy (non-hydrogen) atoms. The molecule has 5 heteroatoms. The summed E-state index contributed by atoms with van der Waals surface area (Å²) in [7, 11) is 0. The van der Waals surface area contributed by atoms with E-state index in [4.69, 9.17) is 16.0 Å². The summed E-state index contributed by atoms with van der Waals surface area (Å²) < 4.78 is 5.18. The van der Waals surface area contributed by atoms with Crippen molar-refractivity contribution in [2.24, 2.45) is 4.99 Å². The molecule has 0 saturated heterocycles. The monoisotopic (exact) mass is 296 g/mol. The van der Waals surface area contributed by atoms with Crippen molar-refractivity contribution in [3.05, 3.63) is 69.5 Å². The zero-order valence-electron chi connectivity index (χ0n) is 10.8. The number of halogens is 1. The normalized spacial score (nSPS) is 11.3. The van der Waals surface area contributed by atoms with Crippen molar-refractivity contribution < 1.29 is 4.42 Å². The maximum atomic E-state index is 11.8. The molecule has 0 bridgehead atoms. The Morgan fingerprint density at radius 2 is 1.95 bits per heavy atom. The number of fused-ring (bicyclic) bond motifs is 1. The van der Waals surface area contributed by atoms with E-state index in [9.17, 15) is 10.5 Å². The first-order valence-corrected chi connectivity index (χ1v) is 6.57. The average Bonchev–Trinajstić information content (AvgIpc) is 2.47. The molecule has 1 aromatic heterocycles. The van der Waals surface area contributed by atoms with E-state index in [2.05, 4.69) is 4.99 Å². The molecule has 0 amide bonds. The van der Waals surface area contributed by atoms with Gasteiger partial charge in [0.05, 0.1) is 5.69 Å². The van der Waals surface area contributed by atoms with Crippen LogP contribution in [0.15, 0.2) is 62.7 Å². The van der Waals surface area contributed by atoms with Crippen LogP contribution in [0.2, 0.25) is 5.02 Å². The van der Waals surface area contributed by atoms with Crippen LogP contribution in [-0.2, 0) is 0 Å². The Kier molecular flexibility index (Phi) is 3.46. The Bertz CT molecular complexity index is 900. The lowest BCUT2D eigenvalue weighted by molar-refractivity contribution is 0.563. The molecule has 0 saturated carbocycles. The van der Waals surface area contributed by atoms with Gasteiger partial charge in [-0.25, -0.2) is 9.79 Å². The van der Waals surface area contributed by atoms with Gasteiger partial charge in [0.25, 0.3) is 0 Å². The van der Waals surface area contributed by atoms with Crippen molar-refractivity contribution in [3.63, 3.8) is 0 Å². The number of benzene rings is 2. The van der Waals surface area contributed by atoms with Crippen molar-refractivity contribution in [3.8, 4) is 0 Å². The zero-order chi connectivity index (χ0) is 14.8. The molecule has 0 unspecified atom stereocenters. The average molecular weight is 297 g/mol. The van der Waals surface area contributed by atoms with Gasteiger partial charge in [-0.2, -0.15) is 0 Å². The topological polar surface area (TPSA) is 64.9 Å². The van der Waals surface area contributed by atoms with Crippen molar-refractivity contribution >= 4 is 40.2 Å². The molecular formula is C16H9ClN2O2. The van der Waals surface area contributed by atoms with Gasteiger partial charge in [-0.15, -0.1) is 5.73 Å². The van der Waals surface area contributed by atoms with E-state index in [1.165, 1.54) is 6.21 Å². The van der Waals surface area contributed by atoms with E-state index in [1.807, 2.05) is 0 Å². The molecule has 0 atom stereocenters. The van der Waals surface area contributed by atoms with Crippen LogP contribution in [0.3, 0.4) is 0 Å². The smallest absolute Gasteiger partial charge is 0.362 e. The predicted octanol–water partition coefficient (Wildman–Crippen LogP) is 3.90. The van der Waals surface area contributed by atoms with E-state index in [0.29, 0.717) is 21.6 Å². The highest BCUT2D eigenvalue weighted by atomic mass is 35.5. The van der Waals surface area contributed by atoms with Crippen LogP contribution in [0.5, 0.6) is 0 Å². The van der Waals surface area contributed by atoms with Crippen LogP contribution in [-0.4, -0.2) is 6.21 Å². The first-order valence-electron chi connectivity index (χ1n) is 6.19. The van der Waals surface area contributed by atoms with Crippen LogP contribution in [0.25, 0.3) is 11.0 Å². The van der Waals surface area contributed by atoms with Crippen LogP contribution in [0.1, 0.15) is 5.56 Å². The van der Waals surface area contributed by atoms with Crippen molar-refractivity contribution in [2.45, 2.75) is 0 Å². The van der Waals surface area contributed by atoms with Crippen molar-refractivity contribution in [1.82, 2.24) is 5.73 Å².